The van der Waals surface area contributed by atoms with E-state index < -0.39 is 9.84 Å². The SMILES string of the molecule is CC(C)(C)c1cc(/C=C/S(=O)(=O)Cc2ccc(Nc3ncnc4ccccc34)cc2)cc(C(C)(C)C)c1O. The number of nitrogens with zero attached hydrogens (tertiary/aromatic N) is 2. The van der Waals surface area contributed by atoms with Crippen LogP contribution in [0.25, 0.3) is 17.0 Å². The summed E-state index contributed by atoms with van der Waals surface area (Å²) in [6, 6.07) is 18.8. The lowest BCUT2D eigenvalue weighted by Crippen LogP contribution is -2.17. The fraction of sp³-hybridized carbons (Fsp3) is 0.290. The highest BCUT2D eigenvalue weighted by Gasteiger charge is 2.26. The lowest BCUT2D eigenvalue weighted by atomic mass is 9.78. The van der Waals surface area contributed by atoms with E-state index >= 15 is 0 Å². The van der Waals surface area contributed by atoms with Crippen LogP contribution in [0.2, 0.25) is 0 Å². The van der Waals surface area contributed by atoms with E-state index in [0.717, 1.165) is 33.3 Å². The maximum absolute atomic E-state index is 13.0. The summed E-state index contributed by atoms with van der Waals surface area (Å²) in [5, 5.41) is 16.4. The van der Waals surface area contributed by atoms with Crippen LogP contribution >= 0.6 is 0 Å². The van der Waals surface area contributed by atoms with Crippen molar-refractivity contribution in [2.45, 2.75) is 58.1 Å². The minimum absolute atomic E-state index is 0.115. The predicted molar refractivity (Wildman–Crippen MR) is 156 cm³/mol. The normalized spacial score (nSPS) is 12.8. The second kappa shape index (κ2) is 10.2. The molecule has 4 aromatic rings. The van der Waals surface area contributed by atoms with Gasteiger partial charge in [0.1, 0.15) is 17.9 Å². The van der Waals surface area contributed by atoms with Crippen molar-refractivity contribution in [1.82, 2.24) is 9.97 Å². The first-order valence-corrected chi connectivity index (χ1v) is 14.3. The van der Waals surface area contributed by atoms with Crippen molar-refractivity contribution in [3.63, 3.8) is 0 Å². The highest BCUT2D eigenvalue weighted by atomic mass is 32.2. The van der Waals surface area contributed by atoms with Gasteiger partial charge in [0.25, 0.3) is 0 Å². The number of anilines is 2. The molecule has 198 valence electrons. The van der Waals surface area contributed by atoms with Crippen LogP contribution in [0.1, 0.15) is 63.8 Å². The first-order valence-electron chi connectivity index (χ1n) is 12.6. The Morgan fingerprint density at radius 1 is 0.868 bits per heavy atom. The average Bonchev–Trinajstić information content (AvgIpc) is 2.83. The summed E-state index contributed by atoms with van der Waals surface area (Å²) in [5.74, 6) is 0.849. The maximum atomic E-state index is 13.0. The molecule has 1 heterocycles. The molecule has 4 rings (SSSR count). The van der Waals surface area contributed by atoms with Crippen LogP contribution in [0.3, 0.4) is 0 Å². The smallest absolute Gasteiger partial charge is 0.175 e. The molecule has 0 aliphatic rings. The largest absolute Gasteiger partial charge is 0.507 e. The van der Waals surface area contributed by atoms with Crippen molar-refractivity contribution in [1.29, 1.82) is 0 Å². The Labute approximate surface area is 225 Å². The zero-order chi connectivity index (χ0) is 27.7. The van der Waals surface area contributed by atoms with Gasteiger partial charge in [-0.1, -0.05) is 65.8 Å². The number of benzene rings is 3. The summed E-state index contributed by atoms with van der Waals surface area (Å²) in [5.41, 5.74) is 4.09. The Balaban J connectivity index is 1.53. The van der Waals surface area contributed by atoms with Crippen molar-refractivity contribution < 1.29 is 13.5 Å². The third kappa shape index (κ3) is 6.40. The van der Waals surface area contributed by atoms with E-state index in [0.29, 0.717) is 11.4 Å². The number of hydrogen-bond acceptors (Lipinski definition) is 6. The molecule has 0 radical (unpaired) electrons. The molecule has 38 heavy (non-hydrogen) atoms. The van der Waals surface area contributed by atoms with Crippen molar-refractivity contribution in [3.8, 4) is 5.75 Å². The molecule has 0 fully saturated rings. The molecule has 3 aromatic carbocycles. The summed E-state index contributed by atoms with van der Waals surface area (Å²) in [6.45, 7) is 12.2. The van der Waals surface area contributed by atoms with Gasteiger partial charge in [0.15, 0.2) is 9.84 Å². The topological polar surface area (TPSA) is 92.2 Å². The molecular formula is C31H35N3O3S. The van der Waals surface area contributed by atoms with E-state index in [1.54, 1.807) is 18.2 Å². The maximum Gasteiger partial charge on any atom is 0.175 e. The van der Waals surface area contributed by atoms with E-state index in [4.69, 9.17) is 0 Å². The molecule has 2 N–H and O–H groups in total. The zero-order valence-electron chi connectivity index (χ0n) is 22.8. The lowest BCUT2D eigenvalue weighted by Gasteiger charge is -2.27. The van der Waals surface area contributed by atoms with Crippen LogP contribution in [0.15, 0.2) is 72.4 Å². The molecule has 0 saturated carbocycles. The first kappa shape index (κ1) is 27.3. The molecule has 6 nitrogen and oxygen atoms in total. The molecular weight excluding hydrogens is 494 g/mol. The molecule has 0 saturated heterocycles. The second-order valence-electron chi connectivity index (χ2n) is 11.6. The molecule has 7 heteroatoms. The molecule has 0 atom stereocenters. The standard InChI is InChI=1S/C31H35N3O3S/c1-30(2,3)25-17-22(18-26(28(25)35)31(4,5)6)15-16-38(36,37)19-21-11-13-23(14-12-21)34-29-24-9-7-8-10-27(24)32-20-33-29/h7-18,20,35H,19H2,1-6H3,(H,32,33,34)/b16-15+. The highest BCUT2D eigenvalue weighted by molar-refractivity contribution is 7.93. The fourth-order valence-corrected chi connectivity index (χ4v) is 5.40. The second-order valence-corrected chi connectivity index (χ2v) is 13.5. The fourth-order valence-electron chi connectivity index (χ4n) is 4.28. The molecule has 0 aliphatic carbocycles. The van der Waals surface area contributed by atoms with Crippen LogP contribution < -0.4 is 5.32 Å². The Morgan fingerprint density at radius 2 is 1.47 bits per heavy atom. The van der Waals surface area contributed by atoms with Crippen molar-refractivity contribution in [3.05, 3.63) is 94.7 Å². The number of aromatic hydroxyl groups is 1. The van der Waals surface area contributed by atoms with Crippen LogP contribution in [0.5, 0.6) is 5.75 Å². The van der Waals surface area contributed by atoms with Gasteiger partial charge in [0, 0.05) is 27.6 Å². The van der Waals surface area contributed by atoms with Gasteiger partial charge in [0.05, 0.1) is 11.3 Å². The van der Waals surface area contributed by atoms with Gasteiger partial charge >= 0.3 is 0 Å². The van der Waals surface area contributed by atoms with E-state index in [1.807, 2.05) is 90.1 Å². The summed E-state index contributed by atoms with van der Waals surface area (Å²) in [6.07, 6.45) is 3.14. The summed E-state index contributed by atoms with van der Waals surface area (Å²) < 4.78 is 25.9. The number of hydrogen-bond donors (Lipinski definition) is 2. The summed E-state index contributed by atoms with van der Waals surface area (Å²) >= 11 is 0. The van der Waals surface area contributed by atoms with Crippen LogP contribution in [-0.2, 0) is 26.4 Å². The Morgan fingerprint density at radius 3 is 2.08 bits per heavy atom. The van der Waals surface area contributed by atoms with Gasteiger partial charge in [-0.25, -0.2) is 18.4 Å². The Bertz CT molecular complexity index is 1550. The molecule has 0 unspecified atom stereocenters. The molecule has 0 bridgehead atoms. The molecule has 0 spiro atoms. The molecule has 0 aliphatic heterocycles. The number of nitrogens with one attached hydrogen (secondary N) is 1. The lowest BCUT2D eigenvalue weighted by molar-refractivity contribution is 0.423. The van der Waals surface area contributed by atoms with E-state index in [9.17, 15) is 13.5 Å². The third-order valence-corrected chi connectivity index (χ3v) is 7.63. The van der Waals surface area contributed by atoms with E-state index in [1.165, 1.54) is 11.7 Å². The predicted octanol–water partition coefficient (Wildman–Crippen LogP) is 7.26. The highest BCUT2D eigenvalue weighted by Crippen LogP contribution is 2.40. The van der Waals surface area contributed by atoms with E-state index in [2.05, 4.69) is 15.3 Å². The monoisotopic (exact) mass is 529 g/mol. The minimum atomic E-state index is -3.52. The quantitative estimate of drug-likeness (QED) is 0.273. The summed E-state index contributed by atoms with van der Waals surface area (Å²) in [4.78, 5) is 8.62. The first-order chi connectivity index (χ1) is 17.7. The molecule has 1 aromatic heterocycles. The molecule has 0 amide bonds. The van der Waals surface area contributed by atoms with Crippen molar-refractivity contribution >= 4 is 38.3 Å². The van der Waals surface area contributed by atoms with Gasteiger partial charge in [-0.05, 0) is 64.4 Å². The number of phenols is 1. The van der Waals surface area contributed by atoms with E-state index in [-0.39, 0.29) is 22.3 Å². The van der Waals surface area contributed by atoms with Crippen LogP contribution in [0.4, 0.5) is 11.5 Å². The Hall–Kier alpha value is -3.71. The van der Waals surface area contributed by atoms with Gasteiger partial charge in [-0.3, -0.25) is 0 Å². The van der Waals surface area contributed by atoms with Gasteiger partial charge < -0.3 is 10.4 Å². The Kier molecular flexibility index (Phi) is 7.35. The van der Waals surface area contributed by atoms with Crippen molar-refractivity contribution in [2.75, 3.05) is 5.32 Å². The number of fused-ring (bicyclic) bond motifs is 1. The number of para-hydroxylation sites is 1. The average molecular weight is 530 g/mol. The van der Waals surface area contributed by atoms with Gasteiger partial charge in [0.2, 0.25) is 0 Å². The van der Waals surface area contributed by atoms with Gasteiger partial charge in [-0.15, -0.1) is 0 Å². The minimum Gasteiger partial charge on any atom is -0.507 e. The third-order valence-electron chi connectivity index (χ3n) is 6.34. The van der Waals surface area contributed by atoms with Crippen molar-refractivity contribution in [2.24, 2.45) is 0 Å². The number of aromatic nitrogens is 2. The van der Waals surface area contributed by atoms with Crippen LogP contribution in [-0.4, -0.2) is 23.5 Å². The number of rotatable bonds is 6. The zero-order valence-corrected chi connectivity index (χ0v) is 23.6. The van der Waals surface area contributed by atoms with Crippen LogP contribution in [0, 0.1) is 0 Å². The summed E-state index contributed by atoms with van der Waals surface area (Å²) in [7, 11) is -3.52. The van der Waals surface area contributed by atoms with Gasteiger partial charge in [-0.2, -0.15) is 0 Å². The number of sulfone groups is 1. The number of phenolic OH excluding ortho intramolecular Hbond substituents is 1.